The lowest BCUT2D eigenvalue weighted by molar-refractivity contribution is 0.0688. The number of carboxylic acid groups (broad SMARTS) is 1. The van der Waals surface area contributed by atoms with E-state index in [0.717, 1.165) is 18.8 Å². The Morgan fingerprint density at radius 3 is 2.57 bits per heavy atom. The molecule has 1 fully saturated rings. The van der Waals surface area contributed by atoms with Crippen molar-refractivity contribution in [3.05, 3.63) is 29.7 Å². The summed E-state index contributed by atoms with van der Waals surface area (Å²) in [5, 5.41) is 9.36. The topological polar surface area (TPSA) is 57.8 Å². The zero-order valence-corrected chi connectivity index (χ0v) is 12.7. The van der Waals surface area contributed by atoms with Crippen molar-refractivity contribution >= 4 is 17.3 Å². The average molecular weight is 287 g/mol. The van der Waals surface area contributed by atoms with E-state index in [4.69, 9.17) is 0 Å². The van der Waals surface area contributed by atoms with Gasteiger partial charge in [-0.05, 0) is 37.3 Å². The highest BCUT2D eigenvalue weighted by molar-refractivity contribution is 5.88. The van der Waals surface area contributed by atoms with Crippen LogP contribution in [-0.4, -0.2) is 33.6 Å². The number of imidazole rings is 1. The fourth-order valence-electron chi connectivity index (χ4n) is 3.47. The van der Waals surface area contributed by atoms with Gasteiger partial charge in [0, 0.05) is 19.3 Å². The molecule has 5 nitrogen and oxygen atoms in total. The average Bonchev–Trinajstić information content (AvgIpc) is 2.72. The third-order valence-electron chi connectivity index (χ3n) is 4.21. The molecule has 21 heavy (non-hydrogen) atoms. The highest BCUT2D eigenvalue weighted by atomic mass is 16.4. The number of piperidine rings is 1. The highest BCUT2D eigenvalue weighted by Crippen LogP contribution is 2.27. The summed E-state index contributed by atoms with van der Waals surface area (Å²) in [5.41, 5.74) is 2.57. The van der Waals surface area contributed by atoms with Gasteiger partial charge in [0.25, 0.3) is 0 Å². The molecule has 0 aliphatic carbocycles. The number of anilines is 1. The smallest absolute Gasteiger partial charge is 0.354 e. The molecule has 3 rings (SSSR count). The van der Waals surface area contributed by atoms with E-state index in [1.807, 2.05) is 18.3 Å². The molecule has 0 aromatic carbocycles. The van der Waals surface area contributed by atoms with E-state index in [2.05, 4.69) is 23.7 Å². The van der Waals surface area contributed by atoms with Gasteiger partial charge in [0.1, 0.15) is 5.65 Å². The third-order valence-corrected chi connectivity index (χ3v) is 4.21. The Morgan fingerprint density at radius 1 is 1.29 bits per heavy atom. The SMILES string of the molecule is Cc1nc2ccc(N3CC(C)CC(C)C3)cn2c1C(=O)O. The van der Waals surface area contributed by atoms with Gasteiger partial charge in [-0.25, -0.2) is 9.78 Å². The first-order valence-electron chi connectivity index (χ1n) is 7.42. The van der Waals surface area contributed by atoms with Crippen LogP contribution >= 0.6 is 0 Å². The molecule has 0 saturated carbocycles. The van der Waals surface area contributed by atoms with Gasteiger partial charge >= 0.3 is 5.97 Å². The van der Waals surface area contributed by atoms with E-state index >= 15 is 0 Å². The number of rotatable bonds is 2. The van der Waals surface area contributed by atoms with Crippen molar-refractivity contribution in [3.8, 4) is 0 Å². The highest BCUT2D eigenvalue weighted by Gasteiger charge is 2.23. The molecule has 2 aromatic rings. The van der Waals surface area contributed by atoms with E-state index < -0.39 is 5.97 Å². The van der Waals surface area contributed by atoms with Gasteiger partial charge in [-0.15, -0.1) is 0 Å². The maximum atomic E-state index is 11.4. The van der Waals surface area contributed by atoms with Crippen LogP contribution < -0.4 is 4.90 Å². The Labute approximate surface area is 124 Å². The molecule has 1 N–H and O–H groups in total. The normalized spacial score (nSPS) is 22.7. The fraction of sp³-hybridized carbons (Fsp3) is 0.500. The second-order valence-corrected chi connectivity index (χ2v) is 6.32. The Kier molecular flexibility index (Phi) is 3.35. The first-order chi connectivity index (χ1) is 9.95. The van der Waals surface area contributed by atoms with Crippen molar-refractivity contribution in [1.82, 2.24) is 9.38 Å². The summed E-state index contributed by atoms with van der Waals surface area (Å²) >= 11 is 0. The predicted octanol–water partition coefficient (Wildman–Crippen LogP) is 2.82. The minimum atomic E-state index is -0.933. The maximum absolute atomic E-state index is 11.4. The summed E-state index contributed by atoms with van der Waals surface area (Å²) in [6.07, 6.45) is 3.16. The number of carbonyl (C=O) groups is 1. The Hall–Kier alpha value is -2.04. The number of carboxylic acids is 1. The molecule has 0 amide bonds. The fourth-order valence-corrected chi connectivity index (χ4v) is 3.47. The second-order valence-electron chi connectivity index (χ2n) is 6.32. The van der Waals surface area contributed by atoms with Crippen LogP contribution in [0.2, 0.25) is 0 Å². The number of nitrogens with zero attached hydrogens (tertiary/aromatic N) is 3. The van der Waals surface area contributed by atoms with Gasteiger partial charge in [-0.1, -0.05) is 13.8 Å². The van der Waals surface area contributed by atoms with E-state index in [9.17, 15) is 9.90 Å². The van der Waals surface area contributed by atoms with Gasteiger partial charge in [-0.2, -0.15) is 0 Å². The summed E-state index contributed by atoms with van der Waals surface area (Å²) in [7, 11) is 0. The molecule has 0 radical (unpaired) electrons. The molecule has 2 aromatic heterocycles. The largest absolute Gasteiger partial charge is 0.477 e. The molecule has 0 spiro atoms. The lowest BCUT2D eigenvalue weighted by Gasteiger charge is -2.36. The first-order valence-corrected chi connectivity index (χ1v) is 7.42. The summed E-state index contributed by atoms with van der Waals surface area (Å²) in [4.78, 5) is 18.1. The van der Waals surface area contributed by atoms with Gasteiger partial charge in [-0.3, -0.25) is 4.40 Å². The van der Waals surface area contributed by atoms with Crippen LogP contribution in [0.3, 0.4) is 0 Å². The zero-order valence-electron chi connectivity index (χ0n) is 12.7. The zero-order chi connectivity index (χ0) is 15.1. The van der Waals surface area contributed by atoms with Crippen LogP contribution in [0.15, 0.2) is 18.3 Å². The molecule has 5 heteroatoms. The van der Waals surface area contributed by atoms with Gasteiger partial charge in [0.2, 0.25) is 0 Å². The van der Waals surface area contributed by atoms with Crippen LogP contribution in [0, 0.1) is 18.8 Å². The predicted molar refractivity (Wildman–Crippen MR) is 82.0 cm³/mol. The number of aromatic carboxylic acids is 1. The van der Waals surface area contributed by atoms with Crippen molar-refractivity contribution in [3.63, 3.8) is 0 Å². The molecule has 0 bridgehead atoms. The number of fused-ring (bicyclic) bond motifs is 1. The minimum absolute atomic E-state index is 0.255. The number of hydrogen-bond acceptors (Lipinski definition) is 3. The van der Waals surface area contributed by atoms with Gasteiger partial charge in [0.15, 0.2) is 5.69 Å². The van der Waals surface area contributed by atoms with Gasteiger partial charge in [0.05, 0.1) is 11.4 Å². The summed E-state index contributed by atoms with van der Waals surface area (Å²) in [6, 6.07) is 3.94. The molecule has 3 heterocycles. The summed E-state index contributed by atoms with van der Waals surface area (Å²) in [6.45, 7) is 8.31. The quantitative estimate of drug-likeness (QED) is 0.922. The number of hydrogen-bond donors (Lipinski definition) is 1. The third kappa shape index (κ3) is 2.48. The Morgan fingerprint density at radius 2 is 1.95 bits per heavy atom. The second kappa shape index (κ2) is 5.06. The molecule has 2 unspecified atom stereocenters. The maximum Gasteiger partial charge on any atom is 0.354 e. The lowest BCUT2D eigenvalue weighted by atomic mass is 9.92. The first kappa shape index (κ1) is 13.9. The molecule has 112 valence electrons. The monoisotopic (exact) mass is 287 g/mol. The Balaban J connectivity index is 2.04. The Bertz CT molecular complexity index is 682. The number of aromatic nitrogens is 2. The van der Waals surface area contributed by atoms with Crippen LogP contribution in [0.5, 0.6) is 0 Å². The van der Waals surface area contributed by atoms with Crippen molar-refractivity contribution < 1.29 is 9.90 Å². The molecule has 2 atom stereocenters. The van der Waals surface area contributed by atoms with E-state index in [1.165, 1.54) is 6.42 Å². The minimum Gasteiger partial charge on any atom is -0.477 e. The molecular weight excluding hydrogens is 266 g/mol. The van der Waals surface area contributed by atoms with Crippen LogP contribution in [0.1, 0.15) is 36.5 Å². The molecular formula is C16H21N3O2. The summed E-state index contributed by atoms with van der Waals surface area (Å²) < 4.78 is 1.69. The number of pyridine rings is 1. The summed E-state index contributed by atoms with van der Waals surface area (Å²) in [5.74, 6) is 0.387. The van der Waals surface area contributed by atoms with Crippen molar-refractivity contribution in [2.45, 2.75) is 27.2 Å². The molecule has 1 aliphatic heterocycles. The number of aryl methyl sites for hydroxylation is 1. The van der Waals surface area contributed by atoms with Crippen LogP contribution in [0.25, 0.3) is 5.65 Å². The molecule has 1 saturated heterocycles. The van der Waals surface area contributed by atoms with E-state index in [-0.39, 0.29) is 5.69 Å². The van der Waals surface area contributed by atoms with E-state index in [0.29, 0.717) is 23.2 Å². The molecule has 1 aliphatic rings. The van der Waals surface area contributed by atoms with Crippen molar-refractivity contribution in [1.29, 1.82) is 0 Å². The van der Waals surface area contributed by atoms with Crippen LogP contribution in [-0.2, 0) is 0 Å². The standard InChI is InChI=1S/C16H21N3O2/c1-10-6-11(2)8-18(7-10)13-4-5-14-17-12(3)15(16(20)21)19(14)9-13/h4-5,9-11H,6-8H2,1-3H3,(H,20,21). The van der Waals surface area contributed by atoms with E-state index in [1.54, 1.807) is 11.3 Å². The van der Waals surface area contributed by atoms with Crippen molar-refractivity contribution in [2.75, 3.05) is 18.0 Å². The lowest BCUT2D eigenvalue weighted by Crippen LogP contribution is -2.38. The van der Waals surface area contributed by atoms with Crippen molar-refractivity contribution in [2.24, 2.45) is 11.8 Å². The van der Waals surface area contributed by atoms with Gasteiger partial charge < -0.3 is 10.0 Å². The van der Waals surface area contributed by atoms with Crippen LogP contribution in [0.4, 0.5) is 5.69 Å².